The molecule has 0 bridgehead atoms. The van der Waals surface area contributed by atoms with E-state index in [4.69, 9.17) is 9.15 Å². The summed E-state index contributed by atoms with van der Waals surface area (Å²) in [6, 6.07) is 15.2. The zero-order chi connectivity index (χ0) is 19.6. The summed E-state index contributed by atoms with van der Waals surface area (Å²) < 4.78 is 11.8. The highest BCUT2D eigenvalue weighted by molar-refractivity contribution is 5.79. The summed E-state index contributed by atoms with van der Waals surface area (Å²) in [7, 11) is 1.65. The van der Waals surface area contributed by atoms with Crippen LogP contribution in [0.5, 0.6) is 5.75 Å². The van der Waals surface area contributed by atoms with E-state index in [1.165, 1.54) is 10.1 Å². The lowest BCUT2D eigenvalue weighted by molar-refractivity contribution is -0.122. The molecule has 1 aliphatic rings. The largest absolute Gasteiger partial charge is 0.497 e. The van der Waals surface area contributed by atoms with Crippen molar-refractivity contribution in [2.45, 2.75) is 37.6 Å². The number of hydrogen-bond acceptors (Lipinski definition) is 4. The third-order valence-electron chi connectivity index (χ3n) is 5.76. The van der Waals surface area contributed by atoms with Gasteiger partial charge in [-0.25, -0.2) is 4.79 Å². The van der Waals surface area contributed by atoms with Crippen LogP contribution in [0.3, 0.4) is 0 Å². The lowest BCUT2D eigenvalue weighted by Gasteiger charge is -2.30. The smallest absolute Gasteiger partial charge is 0.420 e. The van der Waals surface area contributed by atoms with Crippen LogP contribution in [-0.4, -0.2) is 24.1 Å². The Balaban J connectivity index is 1.49. The van der Waals surface area contributed by atoms with Crippen molar-refractivity contribution in [2.24, 2.45) is 0 Å². The SMILES string of the molecule is COc1ccc(C2(CNC(=O)Cn3c(=O)oc4ccccc43)CCCC2)cc1. The van der Waals surface area contributed by atoms with Crippen LogP contribution in [0.15, 0.2) is 57.7 Å². The second-order valence-corrected chi connectivity index (χ2v) is 7.41. The minimum Gasteiger partial charge on any atom is -0.497 e. The van der Waals surface area contributed by atoms with Crippen LogP contribution in [0, 0.1) is 0 Å². The quantitative estimate of drug-likeness (QED) is 0.713. The molecule has 146 valence electrons. The van der Waals surface area contributed by atoms with Crippen molar-refractivity contribution in [3.05, 3.63) is 64.6 Å². The third kappa shape index (κ3) is 3.42. The second-order valence-electron chi connectivity index (χ2n) is 7.41. The fourth-order valence-electron chi connectivity index (χ4n) is 4.19. The molecule has 0 spiro atoms. The second kappa shape index (κ2) is 7.54. The molecule has 0 radical (unpaired) electrons. The Morgan fingerprint density at radius 1 is 1.14 bits per heavy atom. The van der Waals surface area contributed by atoms with E-state index in [-0.39, 0.29) is 17.9 Å². The Morgan fingerprint density at radius 3 is 2.57 bits per heavy atom. The van der Waals surface area contributed by atoms with Crippen molar-refractivity contribution in [2.75, 3.05) is 13.7 Å². The van der Waals surface area contributed by atoms with Gasteiger partial charge in [-0.2, -0.15) is 0 Å². The van der Waals surface area contributed by atoms with Gasteiger partial charge in [0.05, 0.1) is 12.6 Å². The average molecular weight is 380 g/mol. The van der Waals surface area contributed by atoms with Crippen molar-refractivity contribution in [1.82, 2.24) is 9.88 Å². The maximum Gasteiger partial charge on any atom is 0.420 e. The number of benzene rings is 2. The first-order valence-electron chi connectivity index (χ1n) is 9.61. The van der Waals surface area contributed by atoms with Crippen molar-refractivity contribution < 1.29 is 13.9 Å². The van der Waals surface area contributed by atoms with E-state index in [9.17, 15) is 9.59 Å². The van der Waals surface area contributed by atoms with Crippen molar-refractivity contribution in [3.63, 3.8) is 0 Å². The van der Waals surface area contributed by atoms with E-state index in [1.807, 2.05) is 18.2 Å². The highest BCUT2D eigenvalue weighted by atomic mass is 16.5. The van der Waals surface area contributed by atoms with Gasteiger partial charge in [-0.05, 0) is 42.7 Å². The molecule has 1 aromatic heterocycles. The maximum absolute atomic E-state index is 12.6. The molecule has 28 heavy (non-hydrogen) atoms. The molecule has 0 unspecified atom stereocenters. The van der Waals surface area contributed by atoms with Crippen LogP contribution < -0.4 is 15.8 Å². The van der Waals surface area contributed by atoms with Gasteiger partial charge in [0.25, 0.3) is 0 Å². The summed E-state index contributed by atoms with van der Waals surface area (Å²) in [4.78, 5) is 24.7. The summed E-state index contributed by atoms with van der Waals surface area (Å²) in [5, 5.41) is 3.05. The minimum absolute atomic E-state index is 0.0471. The van der Waals surface area contributed by atoms with E-state index in [1.54, 1.807) is 25.3 Å². The predicted octanol–water partition coefficient (Wildman–Crippen LogP) is 3.23. The maximum atomic E-state index is 12.6. The Kier molecular flexibility index (Phi) is 4.94. The number of para-hydroxylation sites is 2. The number of hydrogen-bond donors (Lipinski definition) is 1. The van der Waals surface area contributed by atoms with Crippen LogP contribution in [0.1, 0.15) is 31.2 Å². The Labute approximate surface area is 163 Å². The number of oxazole rings is 1. The molecule has 0 aliphatic heterocycles. The van der Waals surface area contributed by atoms with Gasteiger partial charge in [0.1, 0.15) is 12.3 Å². The van der Waals surface area contributed by atoms with E-state index in [0.29, 0.717) is 17.6 Å². The fourth-order valence-corrected chi connectivity index (χ4v) is 4.19. The number of aromatic nitrogens is 1. The van der Waals surface area contributed by atoms with E-state index in [2.05, 4.69) is 17.4 Å². The van der Waals surface area contributed by atoms with Crippen molar-refractivity contribution in [1.29, 1.82) is 0 Å². The molecule has 3 aromatic rings. The fraction of sp³-hybridized carbons (Fsp3) is 0.364. The van der Waals surface area contributed by atoms with Gasteiger partial charge in [-0.1, -0.05) is 37.1 Å². The standard InChI is InChI=1S/C22H24N2O4/c1-27-17-10-8-16(9-11-17)22(12-4-5-13-22)15-23-20(25)14-24-18-6-2-3-7-19(18)28-21(24)26/h2-3,6-11H,4-5,12-15H2,1H3,(H,23,25). The predicted molar refractivity (Wildman–Crippen MR) is 107 cm³/mol. The molecule has 1 fully saturated rings. The van der Waals surface area contributed by atoms with Crippen molar-refractivity contribution >= 4 is 17.0 Å². The summed E-state index contributed by atoms with van der Waals surface area (Å²) >= 11 is 0. The molecule has 0 atom stereocenters. The Bertz CT molecular complexity index is 1030. The topological polar surface area (TPSA) is 73.5 Å². The number of rotatable bonds is 6. The molecule has 6 nitrogen and oxygen atoms in total. The molecule has 4 rings (SSSR count). The lowest BCUT2D eigenvalue weighted by Crippen LogP contribution is -2.41. The van der Waals surface area contributed by atoms with Gasteiger partial charge in [0.15, 0.2) is 5.58 Å². The number of nitrogens with one attached hydrogen (secondary N) is 1. The first-order chi connectivity index (χ1) is 13.6. The van der Waals surface area contributed by atoms with Gasteiger partial charge >= 0.3 is 5.76 Å². The molecule has 1 aliphatic carbocycles. The number of ether oxygens (including phenoxy) is 1. The molecule has 6 heteroatoms. The average Bonchev–Trinajstić information content (AvgIpc) is 3.32. The Morgan fingerprint density at radius 2 is 1.86 bits per heavy atom. The highest BCUT2D eigenvalue weighted by Crippen LogP contribution is 2.41. The van der Waals surface area contributed by atoms with E-state index in [0.717, 1.165) is 31.4 Å². The normalized spacial score (nSPS) is 15.6. The molecule has 1 heterocycles. The first-order valence-corrected chi connectivity index (χ1v) is 9.61. The monoisotopic (exact) mass is 380 g/mol. The number of carbonyl (C=O) groups excluding carboxylic acids is 1. The van der Waals surface area contributed by atoms with E-state index >= 15 is 0 Å². The zero-order valence-corrected chi connectivity index (χ0v) is 15.9. The number of fused-ring (bicyclic) bond motifs is 1. The number of amides is 1. The van der Waals surface area contributed by atoms with Crippen LogP contribution in [0.4, 0.5) is 0 Å². The summed E-state index contributed by atoms with van der Waals surface area (Å²) in [5.41, 5.74) is 2.28. The van der Waals surface area contributed by atoms with Gasteiger partial charge in [0.2, 0.25) is 5.91 Å². The van der Waals surface area contributed by atoms with Gasteiger partial charge in [-0.3, -0.25) is 9.36 Å². The molecular weight excluding hydrogens is 356 g/mol. The first kappa shape index (κ1) is 18.3. The van der Waals surface area contributed by atoms with Crippen LogP contribution in [0.2, 0.25) is 0 Å². The van der Waals surface area contributed by atoms with Crippen LogP contribution in [-0.2, 0) is 16.8 Å². The summed E-state index contributed by atoms with van der Waals surface area (Å²) in [6.07, 6.45) is 4.36. The highest BCUT2D eigenvalue weighted by Gasteiger charge is 2.36. The summed E-state index contributed by atoms with van der Waals surface area (Å²) in [5.74, 6) is 0.127. The number of nitrogens with zero attached hydrogens (tertiary/aromatic N) is 1. The molecule has 1 amide bonds. The molecule has 0 saturated heterocycles. The third-order valence-corrected chi connectivity index (χ3v) is 5.76. The van der Waals surface area contributed by atoms with Crippen LogP contribution >= 0.6 is 0 Å². The zero-order valence-electron chi connectivity index (χ0n) is 15.9. The Hall–Kier alpha value is -3.02. The molecule has 1 saturated carbocycles. The minimum atomic E-state index is -0.512. The van der Waals surface area contributed by atoms with Gasteiger partial charge in [0, 0.05) is 12.0 Å². The number of methoxy groups -OCH3 is 1. The van der Waals surface area contributed by atoms with Crippen LogP contribution in [0.25, 0.3) is 11.1 Å². The van der Waals surface area contributed by atoms with Gasteiger partial charge < -0.3 is 14.5 Å². The number of carbonyl (C=O) groups is 1. The molecule has 2 aromatic carbocycles. The van der Waals surface area contributed by atoms with Gasteiger partial charge in [-0.15, -0.1) is 0 Å². The molecule has 1 N–H and O–H groups in total. The lowest BCUT2D eigenvalue weighted by atomic mass is 9.78. The molecular formula is C22H24N2O4. The summed E-state index contributed by atoms with van der Waals surface area (Å²) in [6.45, 7) is 0.511. The van der Waals surface area contributed by atoms with Crippen molar-refractivity contribution in [3.8, 4) is 5.75 Å². The van der Waals surface area contributed by atoms with E-state index < -0.39 is 5.76 Å².